The van der Waals surface area contributed by atoms with Crippen LogP contribution in [0.4, 0.5) is 0 Å². The molecule has 3 rings (SSSR count). The van der Waals surface area contributed by atoms with Crippen LogP contribution in [0.1, 0.15) is 19.7 Å². The lowest BCUT2D eigenvalue weighted by molar-refractivity contribution is 0.286. The molecule has 0 amide bonds. The van der Waals surface area contributed by atoms with Crippen LogP contribution >= 0.6 is 11.3 Å². The Morgan fingerprint density at radius 2 is 2.16 bits per heavy atom. The maximum atomic E-state index is 5.36. The highest BCUT2D eigenvalue weighted by molar-refractivity contribution is 7.19. The van der Waals surface area contributed by atoms with Crippen molar-refractivity contribution in [2.24, 2.45) is 0 Å². The molecule has 100 valence electrons. The Morgan fingerprint density at radius 3 is 2.84 bits per heavy atom. The van der Waals surface area contributed by atoms with E-state index in [0.29, 0.717) is 0 Å². The molecule has 7 heteroatoms. The quantitative estimate of drug-likeness (QED) is 0.716. The van der Waals surface area contributed by atoms with Crippen LogP contribution in [0, 0.1) is 0 Å². The van der Waals surface area contributed by atoms with E-state index < -0.39 is 0 Å². The van der Waals surface area contributed by atoms with E-state index in [2.05, 4.69) is 34.0 Å². The minimum Gasteiger partial charge on any atom is -0.462 e. The normalized spacial score (nSPS) is 11.7. The van der Waals surface area contributed by atoms with Gasteiger partial charge in [0.25, 0.3) is 0 Å². The first-order valence-corrected chi connectivity index (χ1v) is 7.10. The average Bonchev–Trinajstić information content (AvgIpc) is 3.12. The highest BCUT2D eigenvalue weighted by Gasteiger charge is 2.15. The molecule has 3 heterocycles. The first-order chi connectivity index (χ1) is 9.31. The van der Waals surface area contributed by atoms with Gasteiger partial charge in [-0.25, -0.2) is 0 Å². The van der Waals surface area contributed by atoms with Gasteiger partial charge in [-0.3, -0.25) is 4.90 Å². The van der Waals surface area contributed by atoms with Gasteiger partial charge in [0.15, 0.2) is 16.6 Å². The number of aromatic nitrogens is 4. The predicted octanol–water partition coefficient (Wildman–Crippen LogP) is 2.29. The highest BCUT2D eigenvalue weighted by atomic mass is 32.1. The van der Waals surface area contributed by atoms with E-state index in [1.807, 2.05) is 12.1 Å². The standard InChI is InChI=1S/C12H15N5OS/c1-3-16(4-2)8-10-13-14-12-17(10)15-11(19-12)9-6-5-7-18-9/h5-7H,3-4,8H2,1-2H3. The number of hydrogen-bond acceptors (Lipinski definition) is 6. The second-order valence-electron chi connectivity index (χ2n) is 4.16. The molecule has 0 saturated carbocycles. The van der Waals surface area contributed by atoms with Gasteiger partial charge in [-0.1, -0.05) is 25.2 Å². The van der Waals surface area contributed by atoms with Crippen LogP contribution in [0.15, 0.2) is 22.8 Å². The Balaban J connectivity index is 1.94. The zero-order valence-electron chi connectivity index (χ0n) is 10.9. The largest absolute Gasteiger partial charge is 0.462 e. The van der Waals surface area contributed by atoms with Gasteiger partial charge in [0.05, 0.1) is 12.8 Å². The summed E-state index contributed by atoms with van der Waals surface area (Å²) in [6.07, 6.45) is 1.65. The van der Waals surface area contributed by atoms with Crippen LogP contribution in [0.3, 0.4) is 0 Å². The molecule has 0 unspecified atom stereocenters. The Kier molecular flexibility index (Phi) is 3.31. The number of furan rings is 1. The van der Waals surface area contributed by atoms with Crippen LogP contribution in [-0.4, -0.2) is 37.8 Å². The predicted molar refractivity (Wildman–Crippen MR) is 73.0 cm³/mol. The molecule has 3 aromatic rings. The van der Waals surface area contributed by atoms with Crippen LogP contribution in [0.5, 0.6) is 0 Å². The molecule has 0 bridgehead atoms. The zero-order valence-corrected chi connectivity index (χ0v) is 11.7. The van der Waals surface area contributed by atoms with Crippen molar-refractivity contribution < 1.29 is 4.42 Å². The second kappa shape index (κ2) is 5.10. The maximum absolute atomic E-state index is 5.36. The van der Waals surface area contributed by atoms with E-state index in [4.69, 9.17) is 4.42 Å². The van der Waals surface area contributed by atoms with Crippen molar-refractivity contribution >= 4 is 16.3 Å². The van der Waals surface area contributed by atoms with Gasteiger partial charge in [-0.2, -0.15) is 4.52 Å². The third-order valence-corrected chi connectivity index (χ3v) is 3.96. The number of fused-ring (bicyclic) bond motifs is 1. The molecule has 0 aromatic carbocycles. The van der Waals surface area contributed by atoms with Crippen molar-refractivity contribution in [1.29, 1.82) is 0 Å². The number of rotatable bonds is 5. The Hall–Kier alpha value is -1.73. The molecule has 0 fully saturated rings. The van der Waals surface area contributed by atoms with Gasteiger partial charge in [0.1, 0.15) is 0 Å². The average molecular weight is 277 g/mol. The van der Waals surface area contributed by atoms with Crippen LogP contribution in [0.25, 0.3) is 15.7 Å². The summed E-state index contributed by atoms with van der Waals surface area (Å²) in [5, 5.41) is 13.7. The molecular formula is C12H15N5OS. The highest BCUT2D eigenvalue weighted by Crippen LogP contribution is 2.25. The molecule has 0 aliphatic rings. The molecule has 0 aliphatic carbocycles. The Labute approximate surface area is 114 Å². The number of hydrogen-bond donors (Lipinski definition) is 0. The van der Waals surface area contributed by atoms with Crippen LogP contribution in [-0.2, 0) is 6.54 Å². The maximum Gasteiger partial charge on any atom is 0.235 e. The molecular weight excluding hydrogens is 262 g/mol. The summed E-state index contributed by atoms with van der Waals surface area (Å²) in [4.78, 5) is 3.08. The molecule has 0 radical (unpaired) electrons. The summed E-state index contributed by atoms with van der Waals surface area (Å²) in [5.74, 6) is 1.64. The molecule has 0 N–H and O–H groups in total. The third-order valence-electron chi connectivity index (χ3n) is 3.05. The summed E-state index contributed by atoms with van der Waals surface area (Å²) < 4.78 is 7.16. The van der Waals surface area contributed by atoms with Crippen molar-refractivity contribution in [2.75, 3.05) is 13.1 Å². The van der Waals surface area contributed by atoms with E-state index in [0.717, 1.165) is 41.2 Å². The van der Waals surface area contributed by atoms with Crippen molar-refractivity contribution in [3.63, 3.8) is 0 Å². The van der Waals surface area contributed by atoms with E-state index in [1.54, 1.807) is 10.8 Å². The van der Waals surface area contributed by atoms with Crippen LogP contribution in [0.2, 0.25) is 0 Å². The molecule has 0 aliphatic heterocycles. The fourth-order valence-electron chi connectivity index (χ4n) is 1.90. The summed E-state index contributed by atoms with van der Waals surface area (Å²) in [6, 6.07) is 3.75. The van der Waals surface area contributed by atoms with Gasteiger partial charge in [0.2, 0.25) is 4.96 Å². The van der Waals surface area contributed by atoms with Gasteiger partial charge < -0.3 is 4.42 Å². The smallest absolute Gasteiger partial charge is 0.235 e. The zero-order chi connectivity index (χ0) is 13.2. The van der Waals surface area contributed by atoms with Gasteiger partial charge in [-0.15, -0.1) is 15.3 Å². The van der Waals surface area contributed by atoms with E-state index in [-0.39, 0.29) is 0 Å². The second-order valence-corrected chi connectivity index (χ2v) is 5.11. The van der Waals surface area contributed by atoms with Gasteiger partial charge in [-0.05, 0) is 25.2 Å². The van der Waals surface area contributed by atoms with Crippen molar-refractivity contribution in [2.45, 2.75) is 20.4 Å². The first kappa shape index (κ1) is 12.3. The summed E-state index contributed by atoms with van der Waals surface area (Å²) in [6.45, 7) is 7.00. The molecule has 0 spiro atoms. The van der Waals surface area contributed by atoms with Gasteiger partial charge in [0, 0.05) is 0 Å². The van der Waals surface area contributed by atoms with E-state index in [9.17, 15) is 0 Å². The number of nitrogens with zero attached hydrogens (tertiary/aromatic N) is 5. The molecule has 0 saturated heterocycles. The summed E-state index contributed by atoms with van der Waals surface area (Å²) in [7, 11) is 0. The SMILES string of the molecule is CCN(CC)Cc1nnc2sc(-c3ccco3)nn12. The fourth-order valence-corrected chi connectivity index (χ4v) is 2.73. The Bertz CT molecular complexity index is 653. The topological polar surface area (TPSA) is 59.5 Å². The lowest BCUT2D eigenvalue weighted by Gasteiger charge is -2.15. The Morgan fingerprint density at radius 1 is 1.32 bits per heavy atom. The molecule has 6 nitrogen and oxygen atoms in total. The first-order valence-electron chi connectivity index (χ1n) is 6.29. The summed E-state index contributed by atoms with van der Waals surface area (Å²) in [5.41, 5.74) is 0. The fraction of sp³-hybridized carbons (Fsp3) is 0.417. The molecule has 3 aromatic heterocycles. The molecule has 19 heavy (non-hydrogen) atoms. The lowest BCUT2D eigenvalue weighted by atomic mass is 10.4. The molecule has 0 atom stereocenters. The summed E-state index contributed by atoms with van der Waals surface area (Å²) >= 11 is 1.48. The monoisotopic (exact) mass is 277 g/mol. The van der Waals surface area contributed by atoms with E-state index in [1.165, 1.54) is 11.3 Å². The van der Waals surface area contributed by atoms with Gasteiger partial charge >= 0.3 is 0 Å². The van der Waals surface area contributed by atoms with Crippen molar-refractivity contribution in [3.8, 4) is 10.8 Å². The van der Waals surface area contributed by atoms with Crippen molar-refractivity contribution in [3.05, 3.63) is 24.2 Å². The van der Waals surface area contributed by atoms with E-state index >= 15 is 0 Å². The third kappa shape index (κ3) is 2.26. The minimum atomic E-state index is 0.759. The van der Waals surface area contributed by atoms with Crippen molar-refractivity contribution in [1.82, 2.24) is 24.7 Å². The van der Waals surface area contributed by atoms with Crippen LogP contribution < -0.4 is 0 Å². The lowest BCUT2D eigenvalue weighted by Crippen LogP contribution is -2.23. The minimum absolute atomic E-state index is 0.759.